The number of rotatable bonds is 5. The smallest absolute Gasteiger partial charge is 0.262 e. The van der Waals surface area contributed by atoms with Gasteiger partial charge >= 0.3 is 0 Å². The van der Waals surface area contributed by atoms with Crippen molar-refractivity contribution in [1.82, 2.24) is 4.98 Å². The van der Waals surface area contributed by atoms with Crippen molar-refractivity contribution in [2.24, 2.45) is 0 Å². The summed E-state index contributed by atoms with van der Waals surface area (Å²) in [6, 6.07) is 17.2. The molecule has 2 aliphatic rings. The zero-order valence-electron chi connectivity index (χ0n) is 17.6. The van der Waals surface area contributed by atoms with Crippen molar-refractivity contribution in [1.29, 1.82) is 0 Å². The molecule has 1 N–H and O–H groups in total. The molecule has 2 saturated heterocycles. The lowest BCUT2D eigenvalue weighted by atomic mass is 10.0. The third-order valence-electron chi connectivity index (χ3n) is 5.82. The van der Waals surface area contributed by atoms with Gasteiger partial charge in [0.05, 0.1) is 13.2 Å². The maximum atomic E-state index is 12.3. The number of aromatic nitrogens is 1. The third kappa shape index (κ3) is 4.57. The van der Waals surface area contributed by atoms with Gasteiger partial charge in [-0.3, -0.25) is 4.79 Å². The third-order valence-corrected chi connectivity index (χ3v) is 6.35. The van der Waals surface area contributed by atoms with E-state index in [1.54, 1.807) is 0 Å². The summed E-state index contributed by atoms with van der Waals surface area (Å²) < 4.78 is 18.5. The van der Waals surface area contributed by atoms with Crippen LogP contribution in [0.3, 0.4) is 0 Å². The van der Waals surface area contributed by atoms with E-state index in [4.69, 9.17) is 19.2 Å². The largest absolute Gasteiger partial charge is 0.481 e. The molecule has 2 fully saturated rings. The van der Waals surface area contributed by atoms with Crippen LogP contribution in [0.2, 0.25) is 0 Å². The van der Waals surface area contributed by atoms with Crippen molar-refractivity contribution in [3.63, 3.8) is 0 Å². The highest BCUT2D eigenvalue weighted by Crippen LogP contribution is 2.34. The molecule has 3 heterocycles. The van der Waals surface area contributed by atoms with Crippen LogP contribution in [-0.4, -0.2) is 49.6 Å². The highest BCUT2D eigenvalue weighted by Gasteiger charge is 2.40. The van der Waals surface area contributed by atoms with Crippen LogP contribution >= 0.6 is 15.9 Å². The van der Waals surface area contributed by atoms with E-state index in [0.717, 1.165) is 52.8 Å². The molecule has 1 aromatic heterocycles. The van der Waals surface area contributed by atoms with Crippen LogP contribution in [0.5, 0.6) is 5.75 Å². The van der Waals surface area contributed by atoms with Gasteiger partial charge in [0, 0.05) is 41.5 Å². The fourth-order valence-corrected chi connectivity index (χ4v) is 4.40. The molecule has 2 aromatic carbocycles. The van der Waals surface area contributed by atoms with Crippen LogP contribution in [0.15, 0.2) is 59.1 Å². The Morgan fingerprint density at radius 2 is 1.81 bits per heavy atom. The molecule has 0 bridgehead atoms. The van der Waals surface area contributed by atoms with E-state index in [-0.39, 0.29) is 12.5 Å². The normalized spacial score (nSPS) is 17.6. The second-order valence-corrected chi connectivity index (χ2v) is 8.85. The minimum Gasteiger partial charge on any atom is -0.481 e. The van der Waals surface area contributed by atoms with Crippen molar-refractivity contribution in [3.8, 4) is 5.75 Å². The van der Waals surface area contributed by atoms with Gasteiger partial charge < -0.3 is 24.4 Å². The number of nitrogens with zero attached hydrogens (tertiary/aromatic N) is 2. The second-order valence-electron chi connectivity index (χ2n) is 7.94. The molecule has 8 heteroatoms. The molecular weight excluding hydrogens is 474 g/mol. The summed E-state index contributed by atoms with van der Waals surface area (Å²) in [4.78, 5) is 19.5. The van der Waals surface area contributed by atoms with Crippen LogP contribution < -0.4 is 15.0 Å². The van der Waals surface area contributed by atoms with E-state index in [9.17, 15) is 4.79 Å². The molecule has 0 unspecified atom stereocenters. The molecule has 1 spiro atoms. The number of carbonyl (C=O) groups excluding carboxylic acids is 1. The number of ether oxygens (including phenoxy) is 3. The van der Waals surface area contributed by atoms with Gasteiger partial charge in [-0.15, -0.1) is 0 Å². The quantitative estimate of drug-likeness (QED) is 0.564. The zero-order chi connectivity index (χ0) is 22.0. The van der Waals surface area contributed by atoms with Gasteiger partial charge in [0.2, 0.25) is 0 Å². The van der Waals surface area contributed by atoms with Gasteiger partial charge in [-0.25, -0.2) is 4.98 Å². The number of hydrogen-bond acceptors (Lipinski definition) is 6. The maximum absolute atomic E-state index is 12.3. The van der Waals surface area contributed by atoms with Crippen molar-refractivity contribution in [3.05, 3.63) is 59.1 Å². The summed E-state index contributed by atoms with van der Waals surface area (Å²) >= 11 is 3.39. The Kier molecular flexibility index (Phi) is 5.99. The predicted octanol–water partition coefficient (Wildman–Crippen LogP) is 4.36. The van der Waals surface area contributed by atoms with Gasteiger partial charge in [-0.05, 0) is 42.5 Å². The number of halogens is 1. The first kappa shape index (κ1) is 21.2. The molecule has 0 atom stereocenters. The molecule has 0 saturated carbocycles. The molecule has 2 aliphatic heterocycles. The lowest BCUT2D eigenvalue weighted by molar-refractivity contribution is -0.169. The minimum absolute atomic E-state index is 0.0952. The predicted molar refractivity (Wildman–Crippen MR) is 126 cm³/mol. The molecule has 32 heavy (non-hydrogen) atoms. The SMILES string of the molecule is O=C(COc1cccc2ccc(N3CCC4(CC3)OCCO4)nc12)Nc1ccc(Br)cc1. The average Bonchev–Trinajstić information content (AvgIpc) is 3.27. The summed E-state index contributed by atoms with van der Waals surface area (Å²) in [6.45, 7) is 2.88. The second kappa shape index (κ2) is 9.05. The van der Waals surface area contributed by atoms with E-state index < -0.39 is 5.79 Å². The molecule has 1 amide bonds. The van der Waals surface area contributed by atoms with Gasteiger partial charge in [-0.2, -0.15) is 0 Å². The van der Waals surface area contributed by atoms with Gasteiger partial charge in [0.25, 0.3) is 5.91 Å². The van der Waals surface area contributed by atoms with E-state index in [1.165, 1.54) is 0 Å². The summed E-state index contributed by atoms with van der Waals surface area (Å²) in [5, 5.41) is 3.81. The van der Waals surface area contributed by atoms with Crippen LogP contribution in [0.1, 0.15) is 12.8 Å². The maximum Gasteiger partial charge on any atom is 0.262 e. The highest BCUT2D eigenvalue weighted by molar-refractivity contribution is 9.10. The Bertz CT molecular complexity index is 1110. The van der Waals surface area contributed by atoms with Crippen molar-refractivity contribution < 1.29 is 19.0 Å². The van der Waals surface area contributed by atoms with Crippen LogP contribution in [0, 0.1) is 0 Å². The number of pyridine rings is 1. The Morgan fingerprint density at radius 3 is 2.56 bits per heavy atom. The zero-order valence-corrected chi connectivity index (χ0v) is 19.1. The van der Waals surface area contributed by atoms with Crippen molar-refractivity contribution >= 4 is 44.2 Å². The van der Waals surface area contributed by atoms with E-state index >= 15 is 0 Å². The van der Waals surface area contributed by atoms with Crippen LogP contribution in [0.4, 0.5) is 11.5 Å². The number of piperidine rings is 1. The molecule has 7 nitrogen and oxygen atoms in total. The standard InChI is InChI=1S/C24H24BrN3O4/c25-18-5-7-19(8-6-18)26-22(29)16-30-20-3-1-2-17-4-9-21(27-23(17)20)28-12-10-24(11-13-28)31-14-15-32-24/h1-9H,10-16H2,(H,26,29). The summed E-state index contributed by atoms with van der Waals surface area (Å²) in [7, 11) is 0. The van der Waals surface area contributed by atoms with Crippen LogP contribution in [0.25, 0.3) is 10.9 Å². The van der Waals surface area contributed by atoms with Gasteiger partial charge in [-0.1, -0.05) is 28.1 Å². The van der Waals surface area contributed by atoms with E-state index in [0.29, 0.717) is 19.0 Å². The molecule has 0 radical (unpaired) electrons. The fraction of sp³-hybridized carbons (Fsp3) is 0.333. The van der Waals surface area contributed by atoms with Crippen molar-refractivity contribution in [2.45, 2.75) is 18.6 Å². The molecular formula is C24H24BrN3O4. The summed E-state index contributed by atoms with van der Waals surface area (Å²) in [5.41, 5.74) is 1.47. The number of benzene rings is 2. The number of hydrogen-bond donors (Lipinski definition) is 1. The Hall–Kier alpha value is -2.68. The molecule has 0 aliphatic carbocycles. The lowest BCUT2D eigenvalue weighted by Gasteiger charge is -2.38. The fourth-order valence-electron chi connectivity index (χ4n) is 4.14. The van der Waals surface area contributed by atoms with Gasteiger partial charge in [0.15, 0.2) is 12.4 Å². The van der Waals surface area contributed by atoms with E-state index in [2.05, 4.69) is 26.1 Å². The number of amides is 1. The number of para-hydroxylation sites is 1. The molecule has 166 valence electrons. The van der Waals surface area contributed by atoms with Crippen molar-refractivity contribution in [2.75, 3.05) is 43.1 Å². The first-order valence-corrected chi connectivity index (χ1v) is 11.5. The van der Waals surface area contributed by atoms with E-state index in [1.807, 2.05) is 54.6 Å². The summed E-state index contributed by atoms with van der Waals surface area (Å²) in [6.07, 6.45) is 1.64. The lowest BCUT2D eigenvalue weighted by Crippen LogP contribution is -2.45. The highest BCUT2D eigenvalue weighted by atomic mass is 79.9. The first-order valence-electron chi connectivity index (χ1n) is 10.7. The van der Waals surface area contributed by atoms with Crippen LogP contribution in [-0.2, 0) is 14.3 Å². The molecule has 5 rings (SSSR count). The average molecular weight is 498 g/mol. The first-order chi connectivity index (χ1) is 15.6. The monoisotopic (exact) mass is 497 g/mol. The number of fused-ring (bicyclic) bond motifs is 1. The Balaban J connectivity index is 1.27. The summed E-state index contributed by atoms with van der Waals surface area (Å²) in [5.74, 6) is 0.842. The topological polar surface area (TPSA) is 72.9 Å². The Labute approximate surface area is 194 Å². The van der Waals surface area contributed by atoms with Gasteiger partial charge in [0.1, 0.15) is 17.1 Å². The number of carbonyl (C=O) groups is 1. The Morgan fingerprint density at radius 1 is 1.06 bits per heavy atom. The minimum atomic E-state index is -0.413. The number of anilines is 2. The number of nitrogens with one attached hydrogen (secondary N) is 1. The molecule has 3 aromatic rings.